The van der Waals surface area contributed by atoms with Crippen LogP contribution in [0.3, 0.4) is 0 Å². The van der Waals surface area contributed by atoms with E-state index in [1.165, 1.54) is 6.92 Å². The molecule has 0 radical (unpaired) electrons. The van der Waals surface area contributed by atoms with Gasteiger partial charge in [-0.3, -0.25) is 9.59 Å². The van der Waals surface area contributed by atoms with Crippen molar-refractivity contribution in [2.24, 2.45) is 0 Å². The minimum Gasteiger partial charge on any atom is -0.480 e. The van der Waals surface area contributed by atoms with Crippen LogP contribution in [0.2, 0.25) is 0 Å². The molecular weight excluding hydrogens is 326 g/mol. The molecule has 132 valence electrons. The minimum atomic E-state index is -1.22. The van der Waals surface area contributed by atoms with Crippen LogP contribution in [0.15, 0.2) is 0 Å². The Morgan fingerprint density at radius 2 is 1.74 bits per heavy atom. The minimum absolute atomic E-state index is 0.0778. The summed E-state index contributed by atoms with van der Waals surface area (Å²) < 4.78 is 4.99. The zero-order valence-electron chi connectivity index (χ0n) is 13.5. The molecule has 0 spiro atoms. The van der Waals surface area contributed by atoms with E-state index >= 15 is 0 Å². The summed E-state index contributed by atoms with van der Waals surface area (Å²) in [5.74, 6) is -2.58. The molecule has 0 heterocycles. The summed E-state index contributed by atoms with van der Waals surface area (Å²) in [6, 6.07) is -2.06. The van der Waals surface area contributed by atoms with Crippen molar-refractivity contribution in [2.75, 3.05) is 12.3 Å². The van der Waals surface area contributed by atoms with Crippen LogP contribution in [0, 0.1) is 0 Å². The second-order valence-electron chi connectivity index (χ2n) is 5.73. The van der Waals surface area contributed by atoms with E-state index in [1.807, 2.05) is 0 Å². The van der Waals surface area contributed by atoms with Crippen LogP contribution in [-0.4, -0.2) is 59.0 Å². The molecule has 0 aromatic carbocycles. The Balaban J connectivity index is 4.25. The van der Waals surface area contributed by atoms with E-state index < -0.39 is 48.1 Å². The largest absolute Gasteiger partial charge is 0.480 e. The van der Waals surface area contributed by atoms with Gasteiger partial charge >= 0.3 is 12.1 Å². The fourth-order valence-electron chi connectivity index (χ4n) is 1.30. The maximum Gasteiger partial charge on any atom is 0.408 e. The molecule has 0 aromatic rings. The van der Waals surface area contributed by atoms with Gasteiger partial charge in [0, 0.05) is 5.75 Å². The maximum absolute atomic E-state index is 11.7. The number of amides is 3. The van der Waals surface area contributed by atoms with E-state index in [-0.39, 0.29) is 5.75 Å². The number of ether oxygens (including phenoxy) is 1. The maximum atomic E-state index is 11.7. The molecule has 0 fully saturated rings. The highest BCUT2D eigenvalue weighted by Crippen LogP contribution is 2.06. The van der Waals surface area contributed by atoms with Crippen molar-refractivity contribution in [2.45, 2.75) is 45.4 Å². The quantitative estimate of drug-likeness (QED) is 0.394. The molecule has 0 rings (SSSR count). The Labute approximate surface area is 139 Å². The first-order valence-electron chi connectivity index (χ1n) is 6.86. The lowest BCUT2D eigenvalue weighted by Gasteiger charge is -2.21. The highest BCUT2D eigenvalue weighted by atomic mass is 32.1. The molecule has 2 atom stereocenters. The van der Waals surface area contributed by atoms with Crippen LogP contribution in [-0.2, 0) is 19.1 Å². The third kappa shape index (κ3) is 9.61. The zero-order chi connectivity index (χ0) is 18.2. The van der Waals surface area contributed by atoms with Gasteiger partial charge in [0.15, 0.2) is 0 Å². The molecule has 0 saturated heterocycles. The first-order chi connectivity index (χ1) is 10.5. The first kappa shape index (κ1) is 21.0. The van der Waals surface area contributed by atoms with Gasteiger partial charge in [-0.2, -0.15) is 12.6 Å². The van der Waals surface area contributed by atoms with Crippen molar-refractivity contribution in [3.63, 3.8) is 0 Å². The number of carboxylic acids is 1. The summed E-state index contributed by atoms with van der Waals surface area (Å²) in [6.45, 7) is 6.05. The highest BCUT2D eigenvalue weighted by molar-refractivity contribution is 7.80. The number of hydrogen-bond acceptors (Lipinski definition) is 6. The van der Waals surface area contributed by atoms with Crippen LogP contribution < -0.4 is 16.0 Å². The van der Waals surface area contributed by atoms with Gasteiger partial charge < -0.3 is 25.8 Å². The predicted octanol–water partition coefficient (Wildman–Crippen LogP) is -0.485. The van der Waals surface area contributed by atoms with Crippen molar-refractivity contribution < 1.29 is 29.0 Å². The van der Waals surface area contributed by atoms with Crippen molar-refractivity contribution in [1.82, 2.24) is 16.0 Å². The SMILES string of the molecule is C[C@H](NC(=O)OC(C)(C)C)C(=O)NCC(=O)N[C@@H](CS)C(=O)O. The normalized spacial score (nSPS) is 13.4. The number of carbonyl (C=O) groups excluding carboxylic acids is 3. The molecule has 0 unspecified atom stereocenters. The van der Waals surface area contributed by atoms with Crippen LogP contribution in [0.25, 0.3) is 0 Å². The fraction of sp³-hybridized carbons (Fsp3) is 0.692. The number of rotatable bonds is 7. The second-order valence-corrected chi connectivity index (χ2v) is 6.09. The standard InChI is InChI=1S/C13H23N3O6S/c1-7(15-12(21)22-13(2,3)4)10(18)14-5-9(17)16-8(6-23)11(19)20/h7-8,23H,5-6H2,1-4H3,(H,14,18)(H,15,21)(H,16,17)(H,19,20)/t7-,8-/m0/s1. The summed E-state index contributed by atoms with van der Waals surface area (Å²) in [4.78, 5) is 45.5. The molecule has 10 heteroatoms. The van der Waals surface area contributed by atoms with Gasteiger partial charge in [0.1, 0.15) is 17.7 Å². The van der Waals surface area contributed by atoms with Crippen LogP contribution in [0.1, 0.15) is 27.7 Å². The van der Waals surface area contributed by atoms with Gasteiger partial charge in [0.25, 0.3) is 0 Å². The van der Waals surface area contributed by atoms with E-state index in [4.69, 9.17) is 9.84 Å². The molecule has 0 bridgehead atoms. The van der Waals surface area contributed by atoms with E-state index in [9.17, 15) is 19.2 Å². The number of aliphatic carboxylic acids is 1. The summed E-state index contributed by atoms with van der Waals surface area (Å²) >= 11 is 3.80. The summed E-state index contributed by atoms with van der Waals surface area (Å²) in [7, 11) is 0. The molecule has 4 N–H and O–H groups in total. The number of alkyl carbamates (subject to hydrolysis) is 1. The van der Waals surface area contributed by atoms with Crippen LogP contribution >= 0.6 is 12.6 Å². The Kier molecular flexibility index (Phi) is 8.44. The Hall–Kier alpha value is -1.97. The van der Waals surface area contributed by atoms with Gasteiger partial charge in [-0.05, 0) is 27.7 Å². The molecule has 0 aliphatic rings. The van der Waals surface area contributed by atoms with E-state index in [2.05, 4.69) is 28.6 Å². The molecule has 0 aliphatic carbocycles. The number of nitrogens with one attached hydrogen (secondary N) is 3. The monoisotopic (exact) mass is 349 g/mol. The number of hydrogen-bond donors (Lipinski definition) is 5. The average Bonchev–Trinajstić information content (AvgIpc) is 2.39. The Morgan fingerprint density at radius 1 is 1.17 bits per heavy atom. The molecule has 23 heavy (non-hydrogen) atoms. The van der Waals surface area contributed by atoms with Gasteiger partial charge in [0.2, 0.25) is 11.8 Å². The number of carboxylic acid groups (broad SMARTS) is 1. The van der Waals surface area contributed by atoms with Crippen LogP contribution in [0.5, 0.6) is 0 Å². The highest BCUT2D eigenvalue weighted by Gasteiger charge is 2.22. The molecular formula is C13H23N3O6S. The van der Waals surface area contributed by atoms with Crippen molar-refractivity contribution >= 4 is 36.5 Å². The zero-order valence-corrected chi connectivity index (χ0v) is 14.4. The van der Waals surface area contributed by atoms with Gasteiger partial charge in [-0.15, -0.1) is 0 Å². The lowest BCUT2D eigenvalue weighted by molar-refractivity contribution is -0.141. The van der Waals surface area contributed by atoms with Crippen LogP contribution in [0.4, 0.5) is 4.79 Å². The summed E-state index contributed by atoms with van der Waals surface area (Å²) in [5, 5.41) is 15.6. The molecule has 3 amide bonds. The van der Waals surface area contributed by atoms with Crippen molar-refractivity contribution in [1.29, 1.82) is 0 Å². The topological polar surface area (TPSA) is 134 Å². The van der Waals surface area contributed by atoms with E-state index in [0.29, 0.717) is 0 Å². The predicted molar refractivity (Wildman–Crippen MR) is 85.3 cm³/mol. The smallest absolute Gasteiger partial charge is 0.408 e. The third-order valence-electron chi connectivity index (χ3n) is 2.37. The van der Waals surface area contributed by atoms with Gasteiger partial charge in [-0.25, -0.2) is 9.59 Å². The number of carbonyl (C=O) groups is 4. The van der Waals surface area contributed by atoms with Gasteiger partial charge in [-0.1, -0.05) is 0 Å². The van der Waals surface area contributed by atoms with E-state index in [0.717, 1.165) is 0 Å². The Bertz CT molecular complexity index is 463. The second kappa shape index (κ2) is 9.23. The summed E-state index contributed by atoms with van der Waals surface area (Å²) in [5.41, 5.74) is -0.696. The first-order valence-corrected chi connectivity index (χ1v) is 7.49. The molecule has 0 saturated carbocycles. The van der Waals surface area contributed by atoms with Crippen molar-refractivity contribution in [3.8, 4) is 0 Å². The lowest BCUT2D eigenvalue weighted by Crippen LogP contribution is -2.50. The van der Waals surface area contributed by atoms with E-state index in [1.54, 1.807) is 20.8 Å². The molecule has 0 aromatic heterocycles. The third-order valence-corrected chi connectivity index (χ3v) is 2.73. The lowest BCUT2D eigenvalue weighted by atomic mass is 10.2. The molecule has 0 aliphatic heterocycles. The Morgan fingerprint density at radius 3 is 2.17 bits per heavy atom. The average molecular weight is 349 g/mol. The van der Waals surface area contributed by atoms with Crippen molar-refractivity contribution in [3.05, 3.63) is 0 Å². The van der Waals surface area contributed by atoms with Gasteiger partial charge in [0.05, 0.1) is 6.54 Å². The summed E-state index contributed by atoms with van der Waals surface area (Å²) in [6.07, 6.45) is -0.759. The molecule has 9 nitrogen and oxygen atoms in total. The fourth-order valence-corrected chi connectivity index (χ4v) is 1.55. The number of thiol groups is 1.